The summed E-state index contributed by atoms with van der Waals surface area (Å²) in [5.41, 5.74) is -0.292. The van der Waals surface area contributed by atoms with E-state index in [1.807, 2.05) is 6.92 Å². The predicted molar refractivity (Wildman–Crippen MR) is 100 cm³/mol. The van der Waals surface area contributed by atoms with Crippen LogP contribution in [0.3, 0.4) is 0 Å². The highest BCUT2D eigenvalue weighted by atomic mass is 16.5. The van der Waals surface area contributed by atoms with Gasteiger partial charge in [0.25, 0.3) is 0 Å². The van der Waals surface area contributed by atoms with E-state index in [1.165, 1.54) is 38.5 Å². The number of ketones is 1. The highest BCUT2D eigenvalue weighted by Gasteiger charge is 2.70. The first kappa shape index (κ1) is 17.7. The number of Topliss-reactive ketones (excluding diaryl/α,β-unsaturated/α-hetero) is 1. The van der Waals surface area contributed by atoms with Crippen LogP contribution in [0.15, 0.2) is 0 Å². The van der Waals surface area contributed by atoms with Crippen LogP contribution in [0, 0.1) is 52.8 Å². The minimum Gasteiger partial charge on any atom is -0.387 e. The van der Waals surface area contributed by atoms with Crippen molar-refractivity contribution in [3.8, 4) is 0 Å². The van der Waals surface area contributed by atoms with E-state index in [0.29, 0.717) is 29.6 Å². The van der Waals surface area contributed by atoms with Crippen LogP contribution in [0.25, 0.3) is 0 Å². The predicted octanol–water partition coefficient (Wildman–Crippen LogP) is 4.08. The lowest BCUT2D eigenvalue weighted by atomic mass is 9.48. The van der Waals surface area contributed by atoms with Crippen LogP contribution in [0.2, 0.25) is 0 Å². The average Bonchev–Trinajstić information content (AvgIpc) is 3.27. The molecule has 3 nitrogen and oxygen atoms in total. The van der Waals surface area contributed by atoms with E-state index in [1.54, 1.807) is 7.11 Å². The lowest BCUT2D eigenvalue weighted by Crippen LogP contribution is -2.53. The van der Waals surface area contributed by atoms with E-state index >= 15 is 0 Å². The van der Waals surface area contributed by atoms with E-state index in [0.717, 1.165) is 48.3 Å². The molecule has 3 heteroatoms. The molecule has 0 aromatic heterocycles. The zero-order valence-electron chi connectivity index (χ0n) is 16.7. The van der Waals surface area contributed by atoms with Gasteiger partial charge in [0, 0.05) is 13.0 Å². The second-order valence-corrected chi connectivity index (χ2v) is 11.0. The smallest absolute Gasteiger partial charge is 0.133 e. The molecule has 5 aliphatic rings. The van der Waals surface area contributed by atoms with Gasteiger partial charge in [-0.05, 0) is 105 Å². The normalized spacial score (nSPS) is 57.5. The highest BCUT2D eigenvalue weighted by molar-refractivity contribution is 5.80. The molecular formula is C23H36O3. The van der Waals surface area contributed by atoms with Crippen LogP contribution < -0.4 is 0 Å². The summed E-state index contributed by atoms with van der Waals surface area (Å²) in [6.07, 6.45) is 9.57. The van der Waals surface area contributed by atoms with Crippen LogP contribution in [0.5, 0.6) is 0 Å². The molecule has 10 atom stereocenters. The first-order valence-electron chi connectivity index (χ1n) is 11.1. The van der Waals surface area contributed by atoms with Gasteiger partial charge < -0.3 is 9.84 Å². The van der Waals surface area contributed by atoms with Crippen LogP contribution in [0.1, 0.15) is 65.2 Å². The minimum atomic E-state index is -0.583. The Morgan fingerprint density at radius 2 is 1.81 bits per heavy atom. The number of aliphatic hydroxyl groups is 1. The van der Waals surface area contributed by atoms with Crippen molar-refractivity contribution in [1.82, 2.24) is 0 Å². The molecule has 0 amide bonds. The van der Waals surface area contributed by atoms with E-state index in [2.05, 4.69) is 6.92 Å². The Hall–Kier alpha value is -0.410. The largest absolute Gasteiger partial charge is 0.387 e. The standard InChI is InChI=1S/C23H36O3/c1-13(24)20-18-10-19(18)21-17-5-4-14-11-23(25,12-26-3)9-7-15(14)16(17)6-8-22(20,21)2/h14-21,25H,4-12H2,1-3H3/t14-,15+,16-,17-,18?,19?,20?,21-,22-,23-/m1/s1. The number of ether oxygens (including phenoxy) is 1. The summed E-state index contributed by atoms with van der Waals surface area (Å²) in [4.78, 5) is 12.4. The number of carbonyl (C=O) groups excluding carboxylic acids is 1. The Bertz CT molecular complexity index is 602. The number of carbonyl (C=O) groups is 1. The van der Waals surface area contributed by atoms with Gasteiger partial charge in [-0.2, -0.15) is 0 Å². The molecule has 5 aliphatic carbocycles. The third-order valence-electron chi connectivity index (χ3n) is 9.74. The lowest BCUT2D eigenvalue weighted by Gasteiger charge is -2.57. The van der Waals surface area contributed by atoms with Crippen molar-refractivity contribution in [2.45, 2.75) is 70.8 Å². The number of hydrogen-bond acceptors (Lipinski definition) is 3. The van der Waals surface area contributed by atoms with Gasteiger partial charge >= 0.3 is 0 Å². The number of hydrogen-bond donors (Lipinski definition) is 1. The molecular weight excluding hydrogens is 324 g/mol. The fourth-order valence-corrected chi connectivity index (χ4v) is 9.09. The third kappa shape index (κ3) is 2.35. The van der Waals surface area contributed by atoms with Crippen molar-refractivity contribution in [1.29, 1.82) is 0 Å². The third-order valence-corrected chi connectivity index (χ3v) is 9.74. The summed E-state index contributed by atoms with van der Waals surface area (Å²) in [7, 11) is 1.71. The average molecular weight is 361 g/mol. The first-order valence-corrected chi connectivity index (χ1v) is 11.1. The molecule has 146 valence electrons. The number of rotatable bonds is 3. The van der Waals surface area contributed by atoms with Gasteiger partial charge in [0.2, 0.25) is 0 Å². The van der Waals surface area contributed by atoms with Gasteiger partial charge in [0.1, 0.15) is 5.78 Å². The van der Waals surface area contributed by atoms with Crippen LogP contribution in [-0.4, -0.2) is 30.2 Å². The molecule has 0 radical (unpaired) electrons. The summed E-state index contributed by atoms with van der Waals surface area (Å²) in [6, 6.07) is 0. The van der Waals surface area contributed by atoms with Crippen molar-refractivity contribution in [2.24, 2.45) is 52.8 Å². The molecule has 0 bridgehead atoms. The maximum atomic E-state index is 12.4. The summed E-state index contributed by atoms with van der Waals surface area (Å²) in [5.74, 6) is 6.41. The molecule has 5 fully saturated rings. The van der Waals surface area contributed by atoms with Crippen LogP contribution in [0.4, 0.5) is 0 Å². The summed E-state index contributed by atoms with van der Waals surface area (Å²) >= 11 is 0. The van der Waals surface area contributed by atoms with Crippen molar-refractivity contribution in [3.05, 3.63) is 0 Å². The second-order valence-electron chi connectivity index (χ2n) is 11.0. The molecule has 0 saturated heterocycles. The molecule has 3 unspecified atom stereocenters. The molecule has 0 aliphatic heterocycles. The maximum Gasteiger partial charge on any atom is 0.133 e. The van der Waals surface area contributed by atoms with Gasteiger partial charge in [-0.15, -0.1) is 0 Å². The van der Waals surface area contributed by atoms with E-state index in [-0.39, 0.29) is 0 Å². The molecule has 1 N–H and O–H groups in total. The van der Waals surface area contributed by atoms with E-state index in [9.17, 15) is 9.90 Å². The molecule has 5 saturated carbocycles. The number of methoxy groups -OCH3 is 1. The minimum absolute atomic E-state index is 0.291. The molecule has 0 aromatic carbocycles. The van der Waals surface area contributed by atoms with Gasteiger partial charge in [0.05, 0.1) is 12.2 Å². The fourth-order valence-electron chi connectivity index (χ4n) is 9.09. The zero-order valence-corrected chi connectivity index (χ0v) is 16.7. The summed E-state index contributed by atoms with van der Waals surface area (Å²) < 4.78 is 5.31. The van der Waals surface area contributed by atoms with Gasteiger partial charge in [0.15, 0.2) is 0 Å². The van der Waals surface area contributed by atoms with Crippen molar-refractivity contribution in [3.63, 3.8) is 0 Å². The molecule has 0 spiro atoms. The summed E-state index contributed by atoms with van der Waals surface area (Å²) in [5, 5.41) is 10.9. The van der Waals surface area contributed by atoms with Gasteiger partial charge in [-0.1, -0.05) is 6.92 Å². The first-order chi connectivity index (χ1) is 12.4. The van der Waals surface area contributed by atoms with Crippen LogP contribution in [-0.2, 0) is 9.53 Å². The van der Waals surface area contributed by atoms with Crippen molar-refractivity contribution in [2.75, 3.05) is 13.7 Å². The van der Waals surface area contributed by atoms with E-state index < -0.39 is 5.60 Å². The van der Waals surface area contributed by atoms with Gasteiger partial charge in [-0.25, -0.2) is 0 Å². The Labute approximate surface area is 158 Å². The van der Waals surface area contributed by atoms with Gasteiger partial charge in [-0.3, -0.25) is 4.79 Å². The molecule has 5 rings (SSSR count). The maximum absolute atomic E-state index is 12.4. The molecule has 26 heavy (non-hydrogen) atoms. The van der Waals surface area contributed by atoms with Crippen molar-refractivity contribution >= 4 is 5.78 Å². The SMILES string of the molecule is COC[C@@]1(O)CC[C@H]2[C@H](CC[C@@H]3[C@@H]2CC[C@]2(C)C(C(C)=O)C4CC4[C@@H]32)C1. The summed E-state index contributed by atoms with van der Waals surface area (Å²) in [6.45, 7) is 4.82. The Morgan fingerprint density at radius 3 is 2.54 bits per heavy atom. The number of fused-ring (bicyclic) bond motifs is 7. The van der Waals surface area contributed by atoms with Crippen molar-refractivity contribution < 1.29 is 14.6 Å². The highest BCUT2D eigenvalue weighted by Crippen LogP contribution is 2.74. The Kier molecular flexibility index (Phi) is 3.94. The van der Waals surface area contributed by atoms with E-state index in [4.69, 9.17) is 4.74 Å². The Morgan fingerprint density at radius 1 is 1.04 bits per heavy atom. The zero-order chi connectivity index (χ0) is 18.3. The lowest BCUT2D eigenvalue weighted by molar-refractivity contribution is -0.139. The topological polar surface area (TPSA) is 46.5 Å². The quantitative estimate of drug-likeness (QED) is 0.825. The second kappa shape index (κ2) is 5.80. The Balaban J connectivity index is 1.37. The molecule has 0 aromatic rings. The molecule has 0 heterocycles. The monoisotopic (exact) mass is 360 g/mol. The fraction of sp³-hybridized carbons (Fsp3) is 0.957. The van der Waals surface area contributed by atoms with Crippen LogP contribution >= 0.6 is 0 Å².